The quantitative estimate of drug-likeness (QED) is 0.148. The molecule has 1 aliphatic heterocycles. The predicted octanol–water partition coefficient (Wildman–Crippen LogP) is -0.883. The van der Waals surface area contributed by atoms with Crippen LogP contribution in [0.25, 0.3) is 0 Å². The molecule has 0 saturated carbocycles. The standard InChI is InChI=1S/C11H20N2O11P2/c14-13(15)9-1-2-10(8-3-4-12-11(8)9)24-7(5-22-25(16,17)18)6-23-26(19,20)21/h1-2,7,12,16-21,25-26H,3-6H2. The SMILES string of the molecule is O=[N+]([O-])c1ccc(OC(CO[PH](O)(O)O)CO[PH](O)(O)O)c2c1NCC2. The van der Waals surface area contributed by atoms with E-state index in [4.69, 9.17) is 34.1 Å². The molecule has 1 heterocycles. The molecular formula is C11H20N2O11P2. The summed E-state index contributed by atoms with van der Waals surface area (Å²) in [5.41, 5.74) is 0.623. The third-order valence-corrected chi connectivity index (χ3v) is 4.45. The van der Waals surface area contributed by atoms with E-state index in [1.165, 1.54) is 12.1 Å². The van der Waals surface area contributed by atoms with Crippen LogP contribution in [-0.2, 0) is 15.5 Å². The van der Waals surface area contributed by atoms with E-state index in [9.17, 15) is 10.1 Å². The second kappa shape index (κ2) is 8.19. The van der Waals surface area contributed by atoms with Gasteiger partial charge in [0.25, 0.3) is 0 Å². The molecule has 0 fully saturated rings. The Hall–Kier alpha value is -1.24. The molecule has 0 amide bonds. The number of hydrogen-bond acceptors (Lipinski definition) is 12. The Labute approximate surface area is 147 Å². The van der Waals surface area contributed by atoms with E-state index >= 15 is 0 Å². The Kier molecular flexibility index (Phi) is 6.64. The van der Waals surface area contributed by atoms with E-state index in [-0.39, 0.29) is 17.1 Å². The number of nitro benzene ring substituents is 1. The van der Waals surface area contributed by atoms with Gasteiger partial charge in [0.1, 0.15) is 0 Å². The van der Waals surface area contributed by atoms with Crippen molar-refractivity contribution in [1.29, 1.82) is 0 Å². The minimum atomic E-state index is -4.87. The first kappa shape index (κ1) is 21.1. The third kappa shape index (κ3) is 6.18. The van der Waals surface area contributed by atoms with Crippen LogP contribution in [0, 0.1) is 10.1 Å². The molecule has 7 N–H and O–H groups in total. The number of nitrogens with zero attached hydrogens (tertiary/aromatic N) is 1. The molecule has 0 radical (unpaired) electrons. The molecule has 0 saturated heterocycles. The number of fused-ring (bicyclic) bond motifs is 1. The van der Waals surface area contributed by atoms with E-state index in [0.29, 0.717) is 18.5 Å². The number of nitrogens with one attached hydrogen (secondary N) is 1. The van der Waals surface area contributed by atoms with Crippen LogP contribution < -0.4 is 10.1 Å². The first-order chi connectivity index (χ1) is 12.0. The number of benzene rings is 1. The summed E-state index contributed by atoms with van der Waals surface area (Å²) < 4.78 is 14.5. The van der Waals surface area contributed by atoms with Crippen molar-refractivity contribution in [2.75, 3.05) is 25.1 Å². The van der Waals surface area contributed by atoms with Gasteiger partial charge >= 0.3 is 147 Å². The molecule has 150 valence electrons. The fraction of sp³-hybridized carbons (Fsp3) is 0.455. The van der Waals surface area contributed by atoms with Gasteiger partial charge in [-0.05, 0) is 0 Å². The molecule has 1 aromatic rings. The van der Waals surface area contributed by atoms with Crippen LogP contribution in [-0.4, -0.2) is 60.1 Å². The molecule has 0 unspecified atom stereocenters. The third-order valence-electron chi connectivity index (χ3n) is 3.34. The van der Waals surface area contributed by atoms with Crippen molar-refractivity contribution >= 4 is 27.7 Å². The van der Waals surface area contributed by atoms with Gasteiger partial charge in [0, 0.05) is 0 Å². The Morgan fingerprint density at radius 1 is 1.12 bits per heavy atom. The summed E-state index contributed by atoms with van der Waals surface area (Å²) in [4.78, 5) is 64.0. The van der Waals surface area contributed by atoms with Crippen molar-refractivity contribution in [2.24, 2.45) is 0 Å². The van der Waals surface area contributed by atoms with Crippen molar-refractivity contribution in [3.8, 4) is 5.75 Å². The normalized spacial score (nSPS) is 16.5. The monoisotopic (exact) mass is 418 g/mol. The second-order valence-electron chi connectivity index (χ2n) is 5.38. The molecule has 0 aliphatic carbocycles. The van der Waals surface area contributed by atoms with Crippen molar-refractivity contribution in [3.63, 3.8) is 0 Å². The van der Waals surface area contributed by atoms with Crippen LogP contribution in [0.3, 0.4) is 0 Å². The minimum absolute atomic E-state index is 0.145. The zero-order valence-corrected chi connectivity index (χ0v) is 15.2. The van der Waals surface area contributed by atoms with Crippen LogP contribution in [0.2, 0.25) is 0 Å². The number of anilines is 1. The van der Waals surface area contributed by atoms with Crippen molar-refractivity contribution in [1.82, 2.24) is 0 Å². The Morgan fingerprint density at radius 3 is 2.19 bits per heavy atom. The van der Waals surface area contributed by atoms with Crippen LogP contribution in [0.5, 0.6) is 5.75 Å². The second-order valence-corrected chi connectivity index (χ2v) is 8.25. The van der Waals surface area contributed by atoms with Gasteiger partial charge in [-0.15, -0.1) is 0 Å². The molecule has 0 atom stereocenters. The van der Waals surface area contributed by atoms with E-state index in [0.717, 1.165) is 0 Å². The van der Waals surface area contributed by atoms with Gasteiger partial charge in [-0.3, -0.25) is 0 Å². The number of rotatable bonds is 9. The number of hydrogen-bond donors (Lipinski definition) is 7. The van der Waals surface area contributed by atoms with Gasteiger partial charge in [0.15, 0.2) is 0 Å². The molecule has 1 aromatic carbocycles. The maximum absolute atomic E-state index is 11.0. The Balaban J connectivity index is 2.19. The van der Waals surface area contributed by atoms with E-state index in [1.807, 2.05) is 0 Å². The van der Waals surface area contributed by atoms with Gasteiger partial charge in [-0.1, -0.05) is 0 Å². The van der Waals surface area contributed by atoms with Crippen molar-refractivity contribution in [2.45, 2.75) is 12.5 Å². The predicted molar refractivity (Wildman–Crippen MR) is 91.6 cm³/mol. The molecular weight excluding hydrogens is 398 g/mol. The van der Waals surface area contributed by atoms with Crippen LogP contribution in [0.15, 0.2) is 12.1 Å². The van der Waals surface area contributed by atoms with E-state index in [2.05, 4.69) is 14.4 Å². The summed E-state index contributed by atoms with van der Waals surface area (Å²) >= 11 is 0. The van der Waals surface area contributed by atoms with Gasteiger partial charge in [-0.25, -0.2) is 0 Å². The summed E-state index contributed by atoms with van der Waals surface area (Å²) in [6.45, 7) is -0.813. The van der Waals surface area contributed by atoms with Gasteiger partial charge < -0.3 is 0 Å². The molecule has 13 nitrogen and oxygen atoms in total. The number of ether oxygens (including phenoxy) is 1. The average Bonchev–Trinajstić information content (AvgIpc) is 2.97. The molecule has 1 aliphatic rings. The van der Waals surface area contributed by atoms with E-state index < -0.39 is 40.6 Å². The van der Waals surface area contributed by atoms with Crippen molar-refractivity contribution < 1.29 is 48.1 Å². The topological polar surface area (TPSA) is 204 Å². The summed E-state index contributed by atoms with van der Waals surface area (Å²) in [7, 11) is -9.74. The van der Waals surface area contributed by atoms with E-state index in [1.54, 1.807) is 0 Å². The zero-order chi connectivity index (χ0) is 19.5. The molecule has 0 aromatic heterocycles. The summed E-state index contributed by atoms with van der Waals surface area (Å²) in [5.74, 6) is 0.190. The summed E-state index contributed by atoms with van der Waals surface area (Å²) in [6, 6.07) is 2.53. The first-order valence-corrected chi connectivity index (χ1v) is 10.8. The molecule has 0 bridgehead atoms. The zero-order valence-electron chi connectivity index (χ0n) is 13.2. The Morgan fingerprint density at radius 2 is 1.69 bits per heavy atom. The van der Waals surface area contributed by atoms with Gasteiger partial charge in [0.2, 0.25) is 0 Å². The first-order valence-electron chi connectivity index (χ1n) is 7.29. The molecule has 26 heavy (non-hydrogen) atoms. The fourth-order valence-corrected chi connectivity index (χ4v) is 3.16. The molecule has 15 heteroatoms. The van der Waals surface area contributed by atoms with Crippen LogP contribution >= 0.6 is 16.3 Å². The van der Waals surface area contributed by atoms with Gasteiger partial charge in [0.05, 0.1) is 0 Å². The van der Waals surface area contributed by atoms with Crippen molar-refractivity contribution in [3.05, 3.63) is 27.8 Å². The summed E-state index contributed by atoms with van der Waals surface area (Å²) in [6.07, 6.45) is -0.782. The average molecular weight is 418 g/mol. The fourth-order valence-electron chi connectivity index (χ4n) is 2.34. The Bertz CT molecular complexity index is 643. The number of nitro groups is 1. The van der Waals surface area contributed by atoms with Gasteiger partial charge in [-0.2, -0.15) is 0 Å². The molecule has 2 rings (SSSR count). The van der Waals surface area contributed by atoms with Crippen LogP contribution in [0.1, 0.15) is 5.56 Å². The molecule has 0 spiro atoms. The maximum atomic E-state index is 11.0. The summed E-state index contributed by atoms with van der Waals surface area (Å²) in [5, 5.41) is 13.9. The van der Waals surface area contributed by atoms with Crippen LogP contribution in [0.4, 0.5) is 11.4 Å².